The number of sulfonamides is 1. The van der Waals surface area contributed by atoms with Gasteiger partial charge in [-0.25, -0.2) is 13.1 Å². The largest absolute Gasteiger partial charge is 0.398 e. The molecule has 7 heteroatoms. The number of nitrogens with one attached hydrogen (secondary N) is 1. The highest BCUT2D eigenvalue weighted by atomic mass is 35.5. The van der Waals surface area contributed by atoms with Crippen LogP contribution in [0.15, 0.2) is 23.1 Å². The molecule has 1 fully saturated rings. The van der Waals surface area contributed by atoms with Crippen LogP contribution in [0.3, 0.4) is 0 Å². The van der Waals surface area contributed by atoms with Gasteiger partial charge in [0.05, 0.1) is 15.6 Å². The Labute approximate surface area is 116 Å². The van der Waals surface area contributed by atoms with E-state index in [4.69, 9.17) is 17.3 Å². The molecule has 3 N–H and O–H groups in total. The minimum Gasteiger partial charge on any atom is -0.398 e. The van der Waals surface area contributed by atoms with Crippen molar-refractivity contribution in [2.75, 3.05) is 17.2 Å². The second-order valence-electron chi connectivity index (χ2n) is 4.19. The monoisotopic (exact) mass is 306 g/mol. The van der Waals surface area contributed by atoms with E-state index in [-0.39, 0.29) is 16.0 Å². The van der Waals surface area contributed by atoms with Crippen LogP contribution in [-0.2, 0) is 10.0 Å². The smallest absolute Gasteiger partial charge is 0.240 e. The third-order valence-corrected chi connectivity index (χ3v) is 5.72. The van der Waals surface area contributed by atoms with Crippen molar-refractivity contribution in [3.05, 3.63) is 23.2 Å². The summed E-state index contributed by atoms with van der Waals surface area (Å²) in [6, 6.07) is 4.39. The minimum atomic E-state index is -3.50. The highest BCUT2D eigenvalue weighted by Gasteiger charge is 2.22. The Morgan fingerprint density at radius 3 is 2.61 bits per heavy atom. The molecular formula is C11H15ClN2O2S2. The molecule has 0 radical (unpaired) electrons. The summed E-state index contributed by atoms with van der Waals surface area (Å²) < 4.78 is 27.0. The fourth-order valence-corrected chi connectivity index (χ4v) is 4.46. The van der Waals surface area contributed by atoms with Gasteiger partial charge in [-0.3, -0.25) is 0 Å². The second kappa shape index (κ2) is 5.69. The molecule has 4 nitrogen and oxygen atoms in total. The van der Waals surface area contributed by atoms with E-state index >= 15 is 0 Å². The predicted octanol–water partition coefficient (Wildman–Crippen LogP) is 2.10. The van der Waals surface area contributed by atoms with Gasteiger partial charge in [-0.2, -0.15) is 11.8 Å². The molecule has 0 spiro atoms. The lowest BCUT2D eigenvalue weighted by atomic mass is 10.2. The van der Waals surface area contributed by atoms with E-state index in [9.17, 15) is 8.42 Å². The third kappa shape index (κ3) is 3.32. The van der Waals surface area contributed by atoms with Crippen LogP contribution in [0.2, 0.25) is 5.02 Å². The topological polar surface area (TPSA) is 72.2 Å². The predicted molar refractivity (Wildman–Crippen MR) is 76.5 cm³/mol. The van der Waals surface area contributed by atoms with Crippen LogP contribution in [0.1, 0.15) is 12.8 Å². The quantitative estimate of drug-likeness (QED) is 0.839. The SMILES string of the molecule is Nc1ccc(S(=O)(=O)NC2CCSCC2)cc1Cl. The number of nitrogen functional groups attached to an aromatic ring is 1. The van der Waals surface area contributed by atoms with E-state index in [1.807, 2.05) is 11.8 Å². The summed E-state index contributed by atoms with van der Waals surface area (Å²) >= 11 is 7.69. The number of benzene rings is 1. The Bertz CT molecular complexity index is 528. The van der Waals surface area contributed by atoms with Crippen LogP contribution in [0, 0.1) is 0 Å². The molecule has 1 saturated heterocycles. The summed E-state index contributed by atoms with van der Waals surface area (Å²) in [7, 11) is -3.50. The normalized spacial score (nSPS) is 17.8. The van der Waals surface area contributed by atoms with Crippen molar-refractivity contribution in [1.29, 1.82) is 0 Å². The summed E-state index contributed by atoms with van der Waals surface area (Å²) in [5.74, 6) is 1.99. The minimum absolute atomic E-state index is 0.0209. The van der Waals surface area contributed by atoms with Crippen LogP contribution >= 0.6 is 23.4 Å². The van der Waals surface area contributed by atoms with Crippen molar-refractivity contribution < 1.29 is 8.42 Å². The lowest BCUT2D eigenvalue weighted by Crippen LogP contribution is -2.37. The standard InChI is InChI=1S/C11H15ClN2O2S2/c12-10-7-9(1-2-11(10)13)18(15,16)14-8-3-5-17-6-4-8/h1-2,7-8,14H,3-6,13H2. The van der Waals surface area contributed by atoms with E-state index in [0.717, 1.165) is 24.3 Å². The van der Waals surface area contributed by atoms with E-state index in [2.05, 4.69) is 4.72 Å². The summed E-state index contributed by atoms with van der Waals surface area (Å²) in [5.41, 5.74) is 5.95. The molecule has 100 valence electrons. The number of anilines is 1. The molecule has 1 aromatic carbocycles. The molecule has 1 aromatic rings. The van der Waals surface area contributed by atoms with E-state index in [1.54, 1.807) is 0 Å². The molecule has 0 aromatic heterocycles. The van der Waals surface area contributed by atoms with Crippen LogP contribution in [0.5, 0.6) is 0 Å². The first-order valence-corrected chi connectivity index (χ1v) is 8.66. The Balaban J connectivity index is 2.16. The summed E-state index contributed by atoms with van der Waals surface area (Å²) in [4.78, 5) is 0.167. The van der Waals surface area contributed by atoms with E-state index in [1.165, 1.54) is 18.2 Å². The number of rotatable bonds is 3. The first kappa shape index (κ1) is 14.0. The summed E-state index contributed by atoms with van der Waals surface area (Å²) in [5, 5.41) is 0.261. The fourth-order valence-electron chi connectivity index (χ4n) is 1.78. The van der Waals surface area contributed by atoms with Gasteiger partial charge in [0.2, 0.25) is 10.0 Å². The lowest BCUT2D eigenvalue weighted by Gasteiger charge is -2.22. The van der Waals surface area contributed by atoms with Crippen molar-refractivity contribution in [3.8, 4) is 0 Å². The van der Waals surface area contributed by atoms with Crippen LogP contribution in [-0.4, -0.2) is 26.0 Å². The maximum Gasteiger partial charge on any atom is 0.240 e. The van der Waals surface area contributed by atoms with Gasteiger partial charge in [-0.05, 0) is 42.5 Å². The maximum atomic E-state index is 12.1. The molecule has 2 rings (SSSR count). The number of hydrogen-bond acceptors (Lipinski definition) is 4. The van der Waals surface area contributed by atoms with Gasteiger partial charge >= 0.3 is 0 Å². The zero-order valence-corrected chi connectivity index (χ0v) is 12.1. The van der Waals surface area contributed by atoms with Gasteiger partial charge in [0.25, 0.3) is 0 Å². The summed E-state index contributed by atoms with van der Waals surface area (Å²) in [6.45, 7) is 0. The zero-order valence-electron chi connectivity index (χ0n) is 9.73. The van der Waals surface area contributed by atoms with E-state index < -0.39 is 10.0 Å². The summed E-state index contributed by atoms with van der Waals surface area (Å²) in [6.07, 6.45) is 1.74. The van der Waals surface area contributed by atoms with Crippen molar-refractivity contribution in [3.63, 3.8) is 0 Å². The Morgan fingerprint density at radius 2 is 2.00 bits per heavy atom. The van der Waals surface area contributed by atoms with Crippen LogP contribution < -0.4 is 10.5 Å². The van der Waals surface area contributed by atoms with Crippen molar-refractivity contribution in [2.45, 2.75) is 23.8 Å². The van der Waals surface area contributed by atoms with Gasteiger partial charge in [0, 0.05) is 6.04 Å². The van der Waals surface area contributed by atoms with Crippen molar-refractivity contribution in [1.82, 2.24) is 4.72 Å². The average molecular weight is 307 g/mol. The second-order valence-corrected chi connectivity index (χ2v) is 7.54. The molecule has 1 aliphatic heterocycles. The number of halogens is 1. The highest BCUT2D eigenvalue weighted by Crippen LogP contribution is 2.24. The maximum absolute atomic E-state index is 12.1. The zero-order chi connectivity index (χ0) is 13.2. The number of thioether (sulfide) groups is 1. The molecule has 0 atom stereocenters. The third-order valence-electron chi connectivity index (χ3n) is 2.83. The Kier molecular flexibility index (Phi) is 4.42. The lowest BCUT2D eigenvalue weighted by molar-refractivity contribution is 0.529. The first-order chi connectivity index (χ1) is 8.49. The van der Waals surface area contributed by atoms with E-state index in [0.29, 0.717) is 5.69 Å². The van der Waals surface area contributed by atoms with Gasteiger partial charge < -0.3 is 5.73 Å². The van der Waals surface area contributed by atoms with Gasteiger partial charge in [-0.15, -0.1) is 0 Å². The Hall–Kier alpha value is -0.430. The average Bonchev–Trinajstić information content (AvgIpc) is 2.33. The highest BCUT2D eigenvalue weighted by molar-refractivity contribution is 7.99. The molecule has 0 unspecified atom stereocenters. The fraction of sp³-hybridized carbons (Fsp3) is 0.455. The van der Waals surface area contributed by atoms with Crippen molar-refractivity contribution >= 4 is 39.1 Å². The van der Waals surface area contributed by atoms with Gasteiger partial charge in [-0.1, -0.05) is 11.6 Å². The molecule has 1 aliphatic rings. The molecule has 1 heterocycles. The van der Waals surface area contributed by atoms with Gasteiger partial charge in [0.1, 0.15) is 0 Å². The van der Waals surface area contributed by atoms with Gasteiger partial charge in [0.15, 0.2) is 0 Å². The molecule has 0 amide bonds. The molecule has 0 saturated carbocycles. The first-order valence-electron chi connectivity index (χ1n) is 5.64. The van der Waals surface area contributed by atoms with Crippen LogP contribution in [0.25, 0.3) is 0 Å². The van der Waals surface area contributed by atoms with Crippen molar-refractivity contribution in [2.24, 2.45) is 0 Å². The molecular weight excluding hydrogens is 292 g/mol. The number of nitrogens with two attached hydrogens (primary N) is 1. The molecule has 0 aliphatic carbocycles. The number of hydrogen-bond donors (Lipinski definition) is 2. The molecule has 0 bridgehead atoms. The molecule has 18 heavy (non-hydrogen) atoms. The van der Waals surface area contributed by atoms with Crippen LogP contribution in [0.4, 0.5) is 5.69 Å². The Morgan fingerprint density at radius 1 is 1.33 bits per heavy atom.